The lowest BCUT2D eigenvalue weighted by Gasteiger charge is -2.09. The van der Waals surface area contributed by atoms with Gasteiger partial charge in [0.1, 0.15) is 11.6 Å². The third kappa shape index (κ3) is 4.28. The Hall–Kier alpha value is -2.56. The van der Waals surface area contributed by atoms with Crippen molar-refractivity contribution in [3.05, 3.63) is 66.0 Å². The van der Waals surface area contributed by atoms with E-state index in [1.165, 1.54) is 6.07 Å². The quantitative estimate of drug-likeness (QED) is 0.824. The fraction of sp³-hybridized carbons (Fsp3) is 0.133. The summed E-state index contributed by atoms with van der Waals surface area (Å²) in [6.45, 7) is 0.178. The second-order valence-electron chi connectivity index (χ2n) is 4.05. The zero-order valence-corrected chi connectivity index (χ0v) is 10.8. The number of carbonyl (C=O) groups excluding carboxylic acids is 1. The molecular formula is C15H15FN2O2. The lowest BCUT2D eigenvalue weighted by atomic mass is 10.2. The van der Waals surface area contributed by atoms with Gasteiger partial charge in [-0.15, -0.1) is 0 Å². The maximum Gasteiger partial charge on any atom is 0.317 e. The number of ether oxygens (including phenoxy) is 1. The highest BCUT2D eigenvalue weighted by Crippen LogP contribution is 2.07. The number of nitrogens with one attached hydrogen (secondary N) is 2. The first-order valence-corrected chi connectivity index (χ1v) is 6.18. The zero-order valence-electron chi connectivity index (χ0n) is 10.8. The molecule has 0 unspecified atom stereocenters. The average Bonchev–Trinajstić information content (AvgIpc) is 2.47. The van der Waals surface area contributed by atoms with Crippen molar-refractivity contribution in [1.29, 1.82) is 0 Å². The molecule has 104 valence electrons. The molecule has 2 rings (SSSR count). The van der Waals surface area contributed by atoms with Crippen LogP contribution in [0.2, 0.25) is 0 Å². The minimum absolute atomic E-state index is 0.0487. The molecule has 0 aliphatic rings. The average molecular weight is 274 g/mol. The fourth-order valence-corrected chi connectivity index (χ4v) is 1.58. The molecule has 2 N–H and O–H groups in total. The van der Waals surface area contributed by atoms with E-state index in [0.29, 0.717) is 11.3 Å². The van der Waals surface area contributed by atoms with Gasteiger partial charge >= 0.3 is 6.03 Å². The van der Waals surface area contributed by atoms with Gasteiger partial charge < -0.3 is 15.4 Å². The van der Waals surface area contributed by atoms with Crippen molar-refractivity contribution in [2.45, 2.75) is 6.54 Å². The summed E-state index contributed by atoms with van der Waals surface area (Å²) in [5, 5.41) is 5.08. The fourth-order valence-electron chi connectivity index (χ4n) is 1.58. The van der Waals surface area contributed by atoms with Gasteiger partial charge in [0.2, 0.25) is 0 Å². The minimum Gasteiger partial charge on any atom is -0.473 e. The molecule has 0 aliphatic carbocycles. The van der Waals surface area contributed by atoms with Gasteiger partial charge in [0.05, 0.1) is 0 Å². The van der Waals surface area contributed by atoms with Gasteiger partial charge in [0.15, 0.2) is 6.73 Å². The zero-order chi connectivity index (χ0) is 14.2. The molecule has 2 amide bonds. The number of hydrogen-bond donors (Lipinski definition) is 2. The molecule has 0 aromatic heterocycles. The van der Waals surface area contributed by atoms with Gasteiger partial charge in [-0.2, -0.15) is 0 Å². The van der Waals surface area contributed by atoms with Crippen LogP contribution >= 0.6 is 0 Å². The van der Waals surface area contributed by atoms with E-state index >= 15 is 0 Å². The Balaban J connectivity index is 1.70. The van der Waals surface area contributed by atoms with Crippen molar-refractivity contribution in [3.63, 3.8) is 0 Å². The van der Waals surface area contributed by atoms with Crippen LogP contribution in [0.15, 0.2) is 54.6 Å². The molecule has 0 atom stereocenters. The van der Waals surface area contributed by atoms with E-state index in [1.54, 1.807) is 30.3 Å². The molecule has 0 spiro atoms. The van der Waals surface area contributed by atoms with Crippen molar-refractivity contribution >= 4 is 6.03 Å². The second-order valence-corrected chi connectivity index (χ2v) is 4.05. The van der Waals surface area contributed by atoms with Crippen LogP contribution in [0.5, 0.6) is 5.75 Å². The van der Waals surface area contributed by atoms with Crippen LogP contribution in [-0.2, 0) is 6.54 Å². The first-order chi connectivity index (χ1) is 9.75. The predicted molar refractivity (Wildman–Crippen MR) is 73.7 cm³/mol. The number of amides is 2. The Morgan fingerprint density at radius 2 is 1.70 bits per heavy atom. The lowest BCUT2D eigenvalue weighted by Crippen LogP contribution is -2.37. The molecule has 0 heterocycles. The number of urea groups is 1. The van der Waals surface area contributed by atoms with Crippen molar-refractivity contribution < 1.29 is 13.9 Å². The standard InChI is InChI=1S/C15H15FN2O2/c16-14-9-5-4-6-12(14)10-17-15(19)18-11-20-13-7-2-1-3-8-13/h1-9H,10-11H2,(H2,17,18,19). The second kappa shape index (κ2) is 7.13. The van der Waals surface area contributed by atoms with E-state index in [4.69, 9.17) is 4.74 Å². The van der Waals surface area contributed by atoms with E-state index in [0.717, 1.165) is 0 Å². The van der Waals surface area contributed by atoms with Crippen LogP contribution in [0.3, 0.4) is 0 Å². The highest BCUT2D eigenvalue weighted by Gasteiger charge is 2.03. The van der Waals surface area contributed by atoms with Gasteiger partial charge in [-0.3, -0.25) is 0 Å². The van der Waals surface area contributed by atoms with E-state index in [9.17, 15) is 9.18 Å². The Bertz CT molecular complexity index is 561. The van der Waals surface area contributed by atoms with E-state index in [1.807, 2.05) is 18.2 Å². The molecule has 0 fully saturated rings. The monoisotopic (exact) mass is 274 g/mol. The molecule has 0 saturated carbocycles. The Labute approximate surface area is 116 Å². The minimum atomic E-state index is -0.413. The highest BCUT2D eigenvalue weighted by molar-refractivity contribution is 5.73. The summed E-state index contributed by atoms with van der Waals surface area (Å²) in [5.41, 5.74) is 0.437. The predicted octanol–water partition coefficient (Wildman–Crippen LogP) is 2.66. The smallest absolute Gasteiger partial charge is 0.317 e. The first kappa shape index (κ1) is 13.9. The summed E-state index contributed by atoms with van der Waals surface area (Å²) in [6.07, 6.45) is 0. The summed E-state index contributed by atoms with van der Waals surface area (Å²) in [7, 11) is 0. The molecule has 0 saturated heterocycles. The van der Waals surface area contributed by atoms with Crippen molar-refractivity contribution in [2.75, 3.05) is 6.73 Å². The van der Waals surface area contributed by atoms with Crippen LogP contribution in [-0.4, -0.2) is 12.8 Å². The first-order valence-electron chi connectivity index (χ1n) is 6.18. The third-order valence-electron chi connectivity index (χ3n) is 2.61. The van der Waals surface area contributed by atoms with Crippen LogP contribution in [0.25, 0.3) is 0 Å². The number of hydrogen-bond acceptors (Lipinski definition) is 2. The molecule has 2 aromatic rings. The molecule has 0 aliphatic heterocycles. The van der Waals surface area contributed by atoms with Gasteiger partial charge in [-0.05, 0) is 18.2 Å². The Morgan fingerprint density at radius 1 is 1.00 bits per heavy atom. The van der Waals surface area contributed by atoms with Crippen LogP contribution < -0.4 is 15.4 Å². The Morgan fingerprint density at radius 3 is 2.45 bits per heavy atom. The summed E-state index contributed by atoms with van der Waals surface area (Å²) in [5.74, 6) is 0.329. The number of benzene rings is 2. The largest absolute Gasteiger partial charge is 0.473 e. The molecule has 20 heavy (non-hydrogen) atoms. The summed E-state index contributed by atoms with van der Waals surface area (Å²) >= 11 is 0. The molecule has 2 aromatic carbocycles. The number of halogens is 1. The number of para-hydroxylation sites is 1. The maximum absolute atomic E-state index is 13.3. The van der Waals surface area contributed by atoms with Crippen molar-refractivity contribution in [1.82, 2.24) is 10.6 Å². The molecular weight excluding hydrogens is 259 g/mol. The van der Waals surface area contributed by atoms with Crippen molar-refractivity contribution in [3.8, 4) is 5.75 Å². The summed E-state index contributed by atoms with van der Waals surface area (Å²) < 4.78 is 18.6. The Kier molecular flexibility index (Phi) is 4.94. The van der Waals surface area contributed by atoms with Crippen LogP contribution in [0, 0.1) is 5.82 Å². The maximum atomic E-state index is 13.3. The SMILES string of the molecule is O=C(NCOc1ccccc1)NCc1ccccc1F. The van der Waals surface area contributed by atoms with Crippen molar-refractivity contribution in [2.24, 2.45) is 0 Å². The van der Waals surface area contributed by atoms with Gasteiger partial charge in [-0.25, -0.2) is 9.18 Å². The molecule has 4 nitrogen and oxygen atoms in total. The van der Waals surface area contributed by atoms with Crippen LogP contribution in [0.4, 0.5) is 9.18 Å². The molecule has 0 radical (unpaired) electrons. The van der Waals surface area contributed by atoms with Gasteiger partial charge in [0, 0.05) is 12.1 Å². The van der Waals surface area contributed by atoms with E-state index in [-0.39, 0.29) is 19.1 Å². The lowest BCUT2D eigenvalue weighted by molar-refractivity contribution is 0.223. The van der Waals surface area contributed by atoms with Gasteiger partial charge in [0.25, 0.3) is 0 Å². The highest BCUT2D eigenvalue weighted by atomic mass is 19.1. The summed E-state index contributed by atoms with van der Waals surface area (Å²) in [4.78, 5) is 11.5. The van der Waals surface area contributed by atoms with E-state index in [2.05, 4.69) is 10.6 Å². The topological polar surface area (TPSA) is 50.4 Å². The van der Waals surface area contributed by atoms with Crippen LogP contribution in [0.1, 0.15) is 5.56 Å². The number of rotatable bonds is 5. The molecule has 5 heteroatoms. The molecule has 0 bridgehead atoms. The van der Waals surface area contributed by atoms with Gasteiger partial charge in [-0.1, -0.05) is 36.4 Å². The number of carbonyl (C=O) groups is 1. The summed E-state index contributed by atoms with van der Waals surface area (Å²) in [6, 6.07) is 15.0. The normalized spacial score (nSPS) is 9.85. The third-order valence-corrected chi connectivity index (χ3v) is 2.61. The van der Waals surface area contributed by atoms with E-state index < -0.39 is 6.03 Å².